The minimum Gasteiger partial charge on any atom is -0.497 e. The summed E-state index contributed by atoms with van der Waals surface area (Å²) in [7, 11) is 1.62. The van der Waals surface area contributed by atoms with Gasteiger partial charge in [0.1, 0.15) is 5.75 Å². The lowest BCUT2D eigenvalue weighted by molar-refractivity contribution is 0.103. The van der Waals surface area contributed by atoms with E-state index in [4.69, 9.17) is 4.74 Å². The molecule has 0 unspecified atom stereocenters. The number of rotatable bonds is 4. The number of hydrogen-bond donors (Lipinski definition) is 0. The molecule has 0 aliphatic heterocycles. The minimum absolute atomic E-state index is 0.0318. The Morgan fingerprint density at radius 2 is 1.78 bits per heavy atom. The van der Waals surface area contributed by atoms with Gasteiger partial charge in [0.25, 0.3) is 0 Å². The van der Waals surface area contributed by atoms with Gasteiger partial charge in [0.15, 0.2) is 5.78 Å². The van der Waals surface area contributed by atoms with Crippen molar-refractivity contribution in [3.8, 4) is 5.75 Å². The molecular formula is C21H20O2. The molecular weight excluding hydrogens is 284 g/mol. The van der Waals surface area contributed by atoms with Gasteiger partial charge in [0.2, 0.25) is 0 Å². The molecule has 0 saturated carbocycles. The largest absolute Gasteiger partial charge is 0.497 e. The standard InChI is InChI=1S/C21H20O2/c1-14-9-11-18(15(14)2)19-12-10-17(23-3)13-20(19)21(22)16-7-5-4-6-8-16/h4-10,12-13H,11H2,1-3H3. The molecule has 2 heteroatoms. The average molecular weight is 304 g/mol. The Morgan fingerprint density at radius 1 is 1.04 bits per heavy atom. The fourth-order valence-electron chi connectivity index (χ4n) is 2.96. The van der Waals surface area contributed by atoms with Gasteiger partial charge in [0, 0.05) is 11.1 Å². The molecule has 2 aromatic rings. The molecule has 1 aliphatic carbocycles. The van der Waals surface area contributed by atoms with Crippen molar-refractivity contribution in [3.63, 3.8) is 0 Å². The fraction of sp³-hybridized carbons (Fsp3) is 0.190. The van der Waals surface area contributed by atoms with Crippen LogP contribution in [0.3, 0.4) is 0 Å². The first-order valence-electron chi connectivity index (χ1n) is 7.77. The second-order valence-electron chi connectivity index (χ2n) is 5.80. The Balaban J connectivity index is 2.13. The van der Waals surface area contributed by atoms with Crippen LogP contribution < -0.4 is 4.74 Å². The van der Waals surface area contributed by atoms with Crippen molar-refractivity contribution < 1.29 is 9.53 Å². The third-order valence-electron chi connectivity index (χ3n) is 4.49. The van der Waals surface area contributed by atoms with E-state index >= 15 is 0 Å². The molecule has 2 nitrogen and oxygen atoms in total. The molecule has 2 aromatic carbocycles. The number of benzene rings is 2. The van der Waals surface area contributed by atoms with E-state index in [1.807, 2.05) is 48.5 Å². The quantitative estimate of drug-likeness (QED) is 0.739. The van der Waals surface area contributed by atoms with E-state index in [-0.39, 0.29) is 5.78 Å². The first kappa shape index (κ1) is 15.3. The summed E-state index contributed by atoms with van der Waals surface area (Å²) in [5.74, 6) is 0.735. The molecule has 0 atom stereocenters. The van der Waals surface area contributed by atoms with Crippen molar-refractivity contribution in [3.05, 3.63) is 82.4 Å². The second kappa shape index (κ2) is 6.25. The van der Waals surface area contributed by atoms with Crippen molar-refractivity contribution in [1.29, 1.82) is 0 Å². The Morgan fingerprint density at radius 3 is 2.39 bits per heavy atom. The summed E-state index contributed by atoms with van der Waals surface area (Å²) in [5, 5.41) is 0. The van der Waals surface area contributed by atoms with Gasteiger partial charge in [-0.3, -0.25) is 4.79 Å². The Bertz CT molecular complexity index is 811. The monoisotopic (exact) mass is 304 g/mol. The molecule has 0 spiro atoms. The van der Waals surface area contributed by atoms with Gasteiger partial charge < -0.3 is 4.74 Å². The first-order valence-corrected chi connectivity index (χ1v) is 7.77. The third-order valence-corrected chi connectivity index (χ3v) is 4.49. The van der Waals surface area contributed by atoms with Crippen LogP contribution in [0.2, 0.25) is 0 Å². The summed E-state index contributed by atoms with van der Waals surface area (Å²) in [6.45, 7) is 4.24. The normalized spacial score (nSPS) is 14.0. The van der Waals surface area contributed by atoms with Gasteiger partial charge >= 0.3 is 0 Å². The van der Waals surface area contributed by atoms with Gasteiger partial charge in [0.05, 0.1) is 7.11 Å². The highest BCUT2D eigenvalue weighted by Gasteiger charge is 2.20. The molecule has 0 amide bonds. The van der Waals surface area contributed by atoms with Crippen LogP contribution in [0.15, 0.2) is 65.8 Å². The smallest absolute Gasteiger partial charge is 0.193 e. The number of methoxy groups -OCH3 is 1. The van der Waals surface area contributed by atoms with Gasteiger partial charge in [-0.2, -0.15) is 0 Å². The van der Waals surface area contributed by atoms with E-state index < -0.39 is 0 Å². The predicted molar refractivity (Wildman–Crippen MR) is 93.8 cm³/mol. The van der Waals surface area contributed by atoms with Gasteiger partial charge in [-0.1, -0.05) is 48.0 Å². The van der Waals surface area contributed by atoms with Gasteiger partial charge in [-0.15, -0.1) is 0 Å². The van der Waals surface area contributed by atoms with E-state index in [9.17, 15) is 4.79 Å². The zero-order valence-corrected chi connectivity index (χ0v) is 13.7. The number of ketones is 1. The molecule has 0 bridgehead atoms. The summed E-state index contributed by atoms with van der Waals surface area (Å²) < 4.78 is 5.33. The van der Waals surface area contributed by atoms with Crippen molar-refractivity contribution in [2.75, 3.05) is 7.11 Å². The SMILES string of the molecule is COc1ccc(C2=C(C)C(C)=CC2)c(C(=O)c2ccccc2)c1. The zero-order valence-electron chi connectivity index (χ0n) is 13.7. The molecule has 0 aromatic heterocycles. The summed E-state index contributed by atoms with van der Waals surface area (Å²) in [6.07, 6.45) is 3.09. The van der Waals surface area contributed by atoms with Crippen LogP contribution in [0.1, 0.15) is 41.8 Å². The molecule has 0 saturated heterocycles. The Labute approximate surface area is 137 Å². The summed E-state index contributed by atoms with van der Waals surface area (Å²) in [5.41, 5.74) is 6.18. The number of carbonyl (C=O) groups excluding carboxylic acids is 1. The molecule has 3 rings (SSSR count). The first-order chi connectivity index (χ1) is 11.1. The lowest BCUT2D eigenvalue weighted by Crippen LogP contribution is -2.06. The maximum absolute atomic E-state index is 13.0. The summed E-state index contributed by atoms with van der Waals surface area (Å²) in [6, 6.07) is 15.2. The van der Waals surface area contributed by atoms with Crippen LogP contribution in [0.4, 0.5) is 0 Å². The lowest BCUT2D eigenvalue weighted by atomic mass is 9.91. The topological polar surface area (TPSA) is 26.3 Å². The van der Waals surface area contributed by atoms with Crippen LogP contribution in [0.25, 0.3) is 5.57 Å². The van der Waals surface area contributed by atoms with Crippen LogP contribution >= 0.6 is 0 Å². The van der Waals surface area contributed by atoms with Crippen molar-refractivity contribution in [2.24, 2.45) is 0 Å². The Kier molecular flexibility index (Phi) is 4.16. The highest BCUT2D eigenvalue weighted by Crippen LogP contribution is 2.36. The van der Waals surface area contributed by atoms with E-state index in [0.717, 1.165) is 12.0 Å². The van der Waals surface area contributed by atoms with Crippen LogP contribution in [-0.4, -0.2) is 12.9 Å². The molecule has 0 heterocycles. The van der Waals surface area contributed by atoms with Crippen LogP contribution in [0.5, 0.6) is 5.75 Å². The van der Waals surface area contributed by atoms with Crippen LogP contribution in [-0.2, 0) is 0 Å². The summed E-state index contributed by atoms with van der Waals surface area (Å²) >= 11 is 0. The maximum atomic E-state index is 13.0. The average Bonchev–Trinajstić information content (AvgIpc) is 2.93. The molecule has 0 radical (unpaired) electrons. The van der Waals surface area contributed by atoms with E-state index in [2.05, 4.69) is 19.9 Å². The third kappa shape index (κ3) is 2.85. The highest BCUT2D eigenvalue weighted by atomic mass is 16.5. The van der Waals surface area contributed by atoms with Gasteiger partial charge in [-0.25, -0.2) is 0 Å². The highest BCUT2D eigenvalue weighted by molar-refractivity contribution is 6.12. The number of carbonyl (C=O) groups is 1. The van der Waals surface area contributed by atoms with Crippen LogP contribution in [0, 0.1) is 0 Å². The predicted octanol–water partition coefficient (Wildman–Crippen LogP) is 5.05. The van der Waals surface area contributed by atoms with E-state index in [0.29, 0.717) is 16.9 Å². The van der Waals surface area contributed by atoms with Gasteiger partial charge in [-0.05, 0) is 49.1 Å². The Hall–Kier alpha value is -2.61. The molecule has 0 N–H and O–H groups in total. The zero-order chi connectivity index (χ0) is 16.4. The van der Waals surface area contributed by atoms with Crippen molar-refractivity contribution in [2.45, 2.75) is 20.3 Å². The summed E-state index contributed by atoms with van der Waals surface area (Å²) in [4.78, 5) is 13.0. The van der Waals surface area contributed by atoms with E-state index in [1.54, 1.807) is 7.11 Å². The molecule has 23 heavy (non-hydrogen) atoms. The maximum Gasteiger partial charge on any atom is 0.193 e. The number of ether oxygens (including phenoxy) is 1. The molecule has 1 aliphatic rings. The fourth-order valence-corrected chi connectivity index (χ4v) is 2.96. The molecule has 116 valence electrons. The van der Waals surface area contributed by atoms with Crippen molar-refractivity contribution >= 4 is 11.4 Å². The number of hydrogen-bond acceptors (Lipinski definition) is 2. The minimum atomic E-state index is 0.0318. The number of allylic oxidation sites excluding steroid dienone is 4. The molecule has 0 fully saturated rings. The second-order valence-corrected chi connectivity index (χ2v) is 5.80. The van der Waals surface area contributed by atoms with Crippen molar-refractivity contribution in [1.82, 2.24) is 0 Å². The van der Waals surface area contributed by atoms with E-state index in [1.165, 1.54) is 16.7 Å². The lowest BCUT2D eigenvalue weighted by Gasteiger charge is -2.13.